The van der Waals surface area contributed by atoms with Crippen LogP contribution < -0.4 is 5.32 Å². The van der Waals surface area contributed by atoms with Gasteiger partial charge >= 0.3 is 6.18 Å². The summed E-state index contributed by atoms with van der Waals surface area (Å²) < 4.78 is 41.7. The first kappa shape index (κ1) is 26.1. The fraction of sp³-hybridized carbons (Fsp3) is 0.462. The number of hydrogen-bond donors (Lipinski definition) is 1. The van der Waals surface area contributed by atoms with Crippen LogP contribution in [0.15, 0.2) is 45.8 Å². The molecule has 4 rings (SSSR count). The molecule has 1 amide bonds. The van der Waals surface area contributed by atoms with Crippen molar-refractivity contribution in [2.45, 2.75) is 56.6 Å². The third-order valence-electron chi connectivity index (χ3n) is 6.75. The Balaban J connectivity index is 1.43. The van der Waals surface area contributed by atoms with Gasteiger partial charge in [-0.15, -0.1) is 11.8 Å². The number of aromatic nitrogens is 2. The maximum atomic E-state index is 13.0. The van der Waals surface area contributed by atoms with Gasteiger partial charge in [0.15, 0.2) is 0 Å². The monoisotopic (exact) mass is 567 g/mol. The lowest BCUT2D eigenvalue weighted by Gasteiger charge is -2.29. The third kappa shape index (κ3) is 6.23. The minimum absolute atomic E-state index is 0.183. The van der Waals surface area contributed by atoms with Crippen LogP contribution in [-0.4, -0.2) is 27.4 Å². The Morgan fingerprint density at radius 1 is 1.17 bits per heavy atom. The lowest BCUT2D eigenvalue weighted by Crippen LogP contribution is -2.28. The molecule has 1 saturated carbocycles. The highest BCUT2D eigenvalue weighted by atomic mass is 79.9. The van der Waals surface area contributed by atoms with Crippen molar-refractivity contribution in [1.82, 2.24) is 14.9 Å². The van der Waals surface area contributed by atoms with Crippen LogP contribution in [0.25, 0.3) is 11.0 Å². The number of nitrogens with zero attached hydrogens (tertiary/aromatic N) is 2. The van der Waals surface area contributed by atoms with E-state index in [0.717, 1.165) is 27.1 Å². The molecule has 1 aliphatic carbocycles. The zero-order valence-corrected chi connectivity index (χ0v) is 22.2. The number of fused-ring (bicyclic) bond motifs is 1. The molecule has 0 atom stereocenters. The van der Waals surface area contributed by atoms with E-state index in [4.69, 9.17) is 4.98 Å². The number of alkyl halides is 3. The number of carbonyl (C=O) groups is 1. The van der Waals surface area contributed by atoms with Gasteiger partial charge in [-0.2, -0.15) is 13.2 Å². The van der Waals surface area contributed by atoms with Gasteiger partial charge in [-0.3, -0.25) is 4.79 Å². The van der Waals surface area contributed by atoms with Crippen molar-refractivity contribution in [2.75, 3.05) is 5.75 Å². The normalized spacial score (nSPS) is 18.7. The summed E-state index contributed by atoms with van der Waals surface area (Å²) in [5, 5.41) is 2.97. The Bertz CT molecular complexity index is 1190. The maximum Gasteiger partial charge on any atom is 0.391 e. The zero-order valence-electron chi connectivity index (χ0n) is 19.8. The van der Waals surface area contributed by atoms with E-state index in [1.807, 2.05) is 23.7 Å². The van der Waals surface area contributed by atoms with Crippen LogP contribution in [0.1, 0.15) is 54.4 Å². The van der Waals surface area contributed by atoms with E-state index in [-0.39, 0.29) is 24.7 Å². The zero-order chi connectivity index (χ0) is 25.2. The van der Waals surface area contributed by atoms with Crippen molar-refractivity contribution in [3.05, 3.63) is 57.8 Å². The molecule has 1 N–H and O–H groups in total. The third-order valence-corrected chi connectivity index (χ3v) is 8.24. The Kier molecular flexibility index (Phi) is 8.16. The topological polar surface area (TPSA) is 46.9 Å². The van der Waals surface area contributed by atoms with E-state index < -0.39 is 12.1 Å². The molecule has 0 spiro atoms. The van der Waals surface area contributed by atoms with Crippen LogP contribution in [0.4, 0.5) is 13.2 Å². The second kappa shape index (κ2) is 10.9. The summed E-state index contributed by atoms with van der Waals surface area (Å²) in [5.74, 6) is 0.674. The van der Waals surface area contributed by atoms with Gasteiger partial charge in [-0.25, -0.2) is 4.98 Å². The second-order valence-corrected chi connectivity index (χ2v) is 11.3. The van der Waals surface area contributed by atoms with Crippen molar-refractivity contribution in [1.29, 1.82) is 0 Å². The molecule has 1 fully saturated rings. The largest absolute Gasteiger partial charge is 0.391 e. The highest BCUT2D eigenvalue weighted by Crippen LogP contribution is 2.40. The van der Waals surface area contributed by atoms with Gasteiger partial charge in [0.25, 0.3) is 5.91 Å². The summed E-state index contributed by atoms with van der Waals surface area (Å²) in [5.41, 5.74) is 3.12. The quantitative estimate of drug-likeness (QED) is 0.305. The number of aryl methyl sites for hydroxylation is 1. The number of rotatable bonds is 7. The molecular formula is C26H29BrF3N3OS. The number of carbonyl (C=O) groups excluding carboxylic acids is 1. The van der Waals surface area contributed by atoms with Crippen LogP contribution >= 0.6 is 27.7 Å². The number of halogens is 4. The average molecular weight is 569 g/mol. The van der Waals surface area contributed by atoms with Gasteiger partial charge in [0.05, 0.1) is 17.0 Å². The van der Waals surface area contributed by atoms with E-state index in [2.05, 4.69) is 40.3 Å². The van der Waals surface area contributed by atoms with Crippen molar-refractivity contribution in [3.63, 3.8) is 0 Å². The minimum atomic E-state index is -4.09. The molecule has 9 heteroatoms. The fourth-order valence-corrected chi connectivity index (χ4v) is 6.14. The first-order valence-corrected chi connectivity index (χ1v) is 13.6. The van der Waals surface area contributed by atoms with Crippen molar-refractivity contribution >= 4 is 44.6 Å². The van der Waals surface area contributed by atoms with Crippen LogP contribution in [0.3, 0.4) is 0 Å². The second-order valence-electron chi connectivity index (χ2n) is 9.14. The van der Waals surface area contributed by atoms with Gasteiger partial charge in [0, 0.05) is 34.9 Å². The van der Waals surface area contributed by atoms with E-state index in [1.165, 1.54) is 4.90 Å². The number of benzene rings is 2. The predicted octanol–water partition coefficient (Wildman–Crippen LogP) is 7.29. The van der Waals surface area contributed by atoms with Gasteiger partial charge < -0.3 is 9.88 Å². The molecule has 0 unspecified atom stereocenters. The predicted molar refractivity (Wildman–Crippen MR) is 138 cm³/mol. The number of thioether (sulfide) groups is 1. The molecule has 0 aliphatic heterocycles. The Morgan fingerprint density at radius 2 is 1.86 bits per heavy atom. The molecule has 3 aromatic rings. The Morgan fingerprint density at radius 3 is 2.49 bits per heavy atom. The van der Waals surface area contributed by atoms with Crippen LogP contribution in [0, 0.1) is 11.8 Å². The van der Waals surface area contributed by atoms with Crippen molar-refractivity contribution in [3.8, 4) is 0 Å². The van der Waals surface area contributed by atoms with Gasteiger partial charge in [-0.05, 0) is 83.1 Å². The summed E-state index contributed by atoms with van der Waals surface area (Å²) in [6.07, 6.45) is -1.97. The van der Waals surface area contributed by atoms with E-state index in [1.54, 1.807) is 23.9 Å². The lowest BCUT2D eigenvalue weighted by molar-refractivity contribution is -0.183. The van der Waals surface area contributed by atoms with Crippen LogP contribution in [0.2, 0.25) is 0 Å². The Hall–Kier alpha value is -2.00. The number of nitrogens with one attached hydrogen (secondary N) is 1. The standard InChI is InChI=1S/C26H29BrF3N3OS/c1-3-35-20-10-6-17(7-11-20)15-31-25(34)18-13-21(27)24-22(14-18)32-23(33(24)2)12-16-4-8-19(9-5-16)26(28,29)30/h6-7,10-11,13-14,16,19H,3-5,8-9,12,15H2,1-2H3,(H,31,34)/t16-,19-. The first-order chi connectivity index (χ1) is 16.7. The maximum absolute atomic E-state index is 13.0. The highest BCUT2D eigenvalue weighted by Gasteiger charge is 2.41. The van der Waals surface area contributed by atoms with Gasteiger partial charge in [-0.1, -0.05) is 19.1 Å². The first-order valence-electron chi connectivity index (χ1n) is 11.9. The molecule has 4 nitrogen and oxygen atoms in total. The number of hydrogen-bond acceptors (Lipinski definition) is 3. The SMILES string of the molecule is CCSc1ccc(CNC(=O)c2cc(Br)c3c(c2)nc(C[C@H]2CC[C@H](C(F)(F)F)CC2)n3C)cc1. The molecule has 0 saturated heterocycles. The molecule has 0 radical (unpaired) electrons. The van der Waals surface area contributed by atoms with E-state index >= 15 is 0 Å². The minimum Gasteiger partial charge on any atom is -0.348 e. The molecule has 35 heavy (non-hydrogen) atoms. The van der Waals surface area contributed by atoms with E-state index in [0.29, 0.717) is 36.9 Å². The van der Waals surface area contributed by atoms with Crippen LogP contribution in [0.5, 0.6) is 0 Å². The summed E-state index contributed by atoms with van der Waals surface area (Å²) in [4.78, 5) is 18.8. The molecule has 2 aromatic carbocycles. The van der Waals surface area contributed by atoms with Crippen LogP contribution in [-0.2, 0) is 20.0 Å². The number of imidazole rings is 1. The fourth-order valence-electron chi connectivity index (χ4n) is 4.77. The number of amides is 1. The van der Waals surface area contributed by atoms with Gasteiger partial charge in [0.1, 0.15) is 5.82 Å². The molecule has 1 aliphatic rings. The molecule has 188 valence electrons. The average Bonchev–Trinajstić information content (AvgIpc) is 3.13. The summed E-state index contributed by atoms with van der Waals surface area (Å²) in [7, 11) is 1.91. The summed E-state index contributed by atoms with van der Waals surface area (Å²) in [6.45, 7) is 2.54. The molecular weight excluding hydrogens is 539 g/mol. The summed E-state index contributed by atoms with van der Waals surface area (Å²) in [6, 6.07) is 11.7. The smallest absolute Gasteiger partial charge is 0.348 e. The molecule has 0 bridgehead atoms. The van der Waals surface area contributed by atoms with Crippen molar-refractivity contribution in [2.24, 2.45) is 18.9 Å². The Labute approximate surface area is 216 Å². The molecule has 1 heterocycles. The van der Waals surface area contributed by atoms with Gasteiger partial charge in [0.2, 0.25) is 0 Å². The van der Waals surface area contributed by atoms with Crippen molar-refractivity contribution < 1.29 is 18.0 Å². The summed E-state index contributed by atoms with van der Waals surface area (Å²) >= 11 is 5.36. The van der Waals surface area contributed by atoms with E-state index in [9.17, 15) is 18.0 Å². The highest BCUT2D eigenvalue weighted by molar-refractivity contribution is 9.10. The molecule has 1 aromatic heterocycles. The lowest BCUT2D eigenvalue weighted by atomic mass is 9.80.